The molecule has 2 aromatic rings. The van der Waals surface area contributed by atoms with Crippen molar-refractivity contribution in [1.29, 1.82) is 5.26 Å². The van der Waals surface area contributed by atoms with Crippen molar-refractivity contribution in [3.05, 3.63) is 53.6 Å². The number of benzene rings is 1. The smallest absolute Gasteiger partial charge is 0.280 e. The fourth-order valence-electron chi connectivity index (χ4n) is 2.73. The number of alkyl halides is 2. The van der Waals surface area contributed by atoms with Crippen molar-refractivity contribution in [1.82, 2.24) is 9.29 Å². The Balaban J connectivity index is 0.000000269. The molecule has 1 aromatic heterocycles. The number of pyridine rings is 1. The molecule has 1 aliphatic heterocycles. The van der Waals surface area contributed by atoms with Crippen LogP contribution in [0.2, 0.25) is 0 Å². The Morgan fingerprint density at radius 2 is 2.03 bits per heavy atom. The number of nitrogens with zero attached hydrogens (tertiary/aromatic N) is 3. The van der Waals surface area contributed by atoms with Gasteiger partial charge in [0.05, 0.1) is 11.2 Å². The summed E-state index contributed by atoms with van der Waals surface area (Å²) in [6, 6.07) is 7.15. The summed E-state index contributed by atoms with van der Waals surface area (Å²) in [5, 5.41) is 27.0. The number of rotatable bonds is 4. The largest absolute Gasteiger partial charge is 0.508 e. The van der Waals surface area contributed by atoms with E-state index in [4.69, 9.17) is 10.4 Å². The molecule has 0 radical (unpaired) electrons. The fourth-order valence-corrected chi connectivity index (χ4v) is 4.20. The number of sulfonamides is 1. The van der Waals surface area contributed by atoms with Crippen LogP contribution in [-0.2, 0) is 10.0 Å². The lowest BCUT2D eigenvalue weighted by molar-refractivity contribution is 0.0521. The van der Waals surface area contributed by atoms with Gasteiger partial charge in [0.2, 0.25) is 10.0 Å². The lowest BCUT2D eigenvalue weighted by Gasteiger charge is -2.21. The van der Waals surface area contributed by atoms with Gasteiger partial charge >= 0.3 is 0 Å². The van der Waals surface area contributed by atoms with Gasteiger partial charge in [-0.05, 0) is 37.1 Å². The van der Waals surface area contributed by atoms with Crippen LogP contribution in [-0.4, -0.2) is 46.6 Å². The molecular formula is C19H20F3N3O4S. The number of aromatic nitrogens is 1. The van der Waals surface area contributed by atoms with Gasteiger partial charge in [0, 0.05) is 25.4 Å². The van der Waals surface area contributed by atoms with Crippen molar-refractivity contribution in [3.63, 3.8) is 0 Å². The van der Waals surface area contributed by atoms with Gasteiger partial charge in [0.15, 0.2) is 0 Å². The van der Waals surface area contributed by atoms with Gasteiger partial charge in [0.1, 0.15) is 28.2 Å². The highest BCUT2D eigenvalue weighted by molar-refractivity contribution is 7.89. The first-order chi connectivity index (χ1) is 14.0. The number of phenolic OH excluding ortho intramolecular Hbond substituents is 1. The molecule has 1 aliphatic rings. The zero-order valence-electron chi connectivity index (χ0n) is 16.0. The number of halogens is 3. The maximum atomic E-state index is 12.5. The minimum absolute atomic E-state index is 0.0163. The van der Waals surface area contributed by atoms with Crippen LogP contribution >= 0.6 is 0 Å². The molecule has 2 heterocycles. The molecule has 1 aromatic carbocycles. The summed E-state index contributed by atoms with van der Waals surface area (Å²) in [4.78, 5) is 3.32. The van der Waals surface area contributed by atoms with E-state index in [1.54, 1.807) is 13.0 Å². The van der Waals surface area contributed by atoms with Crippen molar-refractivity contribution in [2.45, 2.75) is 36.7 Å². The van der Waals surface area contributed by atoms with Crippen LogP contribution in [0.1, 0.15) is 37.4 Å². The second kappa shape index (κ2) is 9.42. The average Bonchev–Trinajstić information content (AvgIpc) is 3.12. The minimum Gasteiger partial charge on any atom is -0.508 e. The summed E-state index contributed by atoms with van der Waals surface area (Å²) in [5.41, 5.74) is -1.53. The Labute approximate surface area is 172 Å². The zero-order chi connectivity index (χ0) is 22.5. The van der Waals surface area contributed by atoms with Crippen LogP contribution in [0.25, 0.3) is 0 Å². The Hall–Kier alpha value is -2.68. The Bertz CT molecular complexity index is 1030. The molecule has 162 valence electrons. The van der Waals surface area contributed by atoms with Crippen molar-refractivity contribution in [2.75, 3.05) is 13.1 Å². The van der Waals surface area contributed by atoms with E-state index in [-0.39, 0.29) is 29.3 Å². The highest BCUT2D eigenvalue weighted by Crippen LogP contribution is 2.29. The van der Waals surface area contributed by atoms with Gasteiger partial charge in [-0.3, -0.25) is 4.98 Å². The molecule has 0 aliphatic carbocycles. The number of hydrogen-bond donors (Lipinski definition) is 2. The van der Waals surface area contributed by atoms with E-state index < -0.39 is 33.6 Å². The second-order valence-electron chi connectivity index (χ2n) is 6.66. The molecule has 7 nitrogen and oxygen atoms in total. The van der Waals surface area contributed by atoms with Gasteiger partial charge < -0.3 is 10.2 Å². The molecule has 1 atom stereocenters. The summed E-state index contributed by atoms with van der Waals surface area (Å²) in [5.74, 6) is -0.862. The Morgan fingerprint density at radius 1 is 1.33 bits per heavy atom. The molecule has 0 saturated carbocycles. The van der Waals surface area contributed by atoms with Crippen molar-refractivity contribution in [3.8, 4) is 11.8 Å². The highest BCUT2D eigenvalue weighted by Gasteiger charge is 2.40. The van der Waals surface area contributed by atoms with E-state index in [0.29, 0.717) is 12.8 Å². The van der Waals surface area contributed by atoms with E-state index in [0.717, 1.165) is 28.7 Å². The van der Waals surface area contributed by atoms with E-state index in [9.17, 15) is 26.7 Å². The van der Waals surface area contributed by atoms with Gasteiger partial charge in [-0.15, -0.1) is 0 Å². The van der Waals surface area contributed by atoms with Crippen molar-refractivity contribution >= 4 is 10.0 Å². The van der Waals surface area contributed by atoms with E-state index in [1.807, 2.05) is 0 Å². The maximum Gasteiger partial charge on any atom is 0.280 e. The molecule has 3 rings (SSSR count). The third-order valence-corrected chi connectivity index (χ3v) is 6.48. The van der Waals surface area contributed by atoms with Gasteiger partial charge in [0.25, 0.3) is 6.43 Å². The molecule has 0 amide bonds. The zero-order valence-corrected chi connectivity index (χ0v) is 16.8. The Morgan fingerprint density at radius 3 is 2.50 bits per heavy atom. The van der Waals surface area contributed by atoms with Gasteiger partial charge in [-0.1, -0.05) is 6.92 Å². The van der Waals surface area contributed by atoms with E-state index in [1.165, 1.54) is 12.1 Å². The van der Waals surface area contributed by atoms with Crippen molar-refractivity contribution in [2.24, 2.45) is 0 Å². The van der Waals surface area contributed by atoms with Crippen LogP contribution in [0.15, 0.2) is 41.4 Å². The predicted octanol–water partition coefficient (Wildman–Crippen LogP) is 2.96. The Kier molecular flexibility index (Phi) is 7.41. The normalized spacial score (nSPS) is 19.2. The number of β-amino-alcohol motifs (C(OH)–C–C–N with tert-alkyl or cyclic N) is 1. The molecular weight excluding hydrogens is 423 g/mol. The minimum atomic E-state index is -3.80. The second-order valence-corrected chi connectivity index (χ2v) is 8.60. The predicted molar refractivity (Wildman–Crippen MR) is 101 cm³/mol. The lowest BCUT2D eigenvalue weighted by atomic mass is 10.0. The fraction of sp³-hybridized carbons (Fsp3) is 0.368. The number of hydrogen-bond acceptors (Lipinski definition) is 6. The summed E-state index contributed by atoms with van der Waals surface area (Å²) in [7, 11) is -3.80. The first-order valence-electron chi connectivity index (χ1n) is 8.87. The third kappa shape index (κ3) is 5.47. The van der Waals surface area contributed by atoms with Crippen LogP contribution in [0.4, 0.5) is 13.2 Å². The van der Waals surface area contributed by atoms with Crippen LogP contribution in [0, 0.1) is 17.1 Å². The van der Waals surface area contributed by atoms with E-state index >= 15 is 0 Å². The summed E-state index contributed by atoms with van der Waals surface area (Å²) >= 11 is 0. The summed E-state index contributed by atoms with van der Waals surface area (Å²) in [6.45, 7) is 2.01. The molecule has 1 fully saturated rings. The number of phenols is 1. The molecule has 11 heteroatoms. The molecule has 0 bridgehead atoms. The summed E-state index contributed by atoms with van der Waals surface area (Å²) in [6.07, 6.45) is -0.976. The molecule has 30 heavy (non-hydrogen) atoms. The topological polar surface area (TPSA) is 115 Å². The quantitative estimate of drug-likeness (QED) is 0.751. The molecule has 1 saturated heterocycles. The molecule has 1 unspecified atom stereocenters. The third-order valence-electron chi connectivity index (χ3n) is 4.65. The standard InChI is InChI=1S/C12H16F2N2O3S.C7H4FNO/c1-2-12(17)5-6-16(8-12)20(18,19)9-3-4-10(11(13)14)15-7-9;8-7-3-6(10)2-1-5(7)4-9/h3-4,7,11,17H,2,5-6,8H2,1H3;1-3,10H. The van der Waals surface area contributed by atoms with Gasteiger partial charge in [-0.2, -0.15) is 9.57 Å². The van der Waals surface area contributed by atoms with Crippen LogP contribution < -0.4 is 0 Å². The monoisotopic (exact) mass is 443 g/mol. The summed E-state index contributed by atoms with van der Waals surface area (Å²) < 4.78 is 63.0. The molecule has 0 spiro atoms. The van der Waals surface area contributed by atoms with Gasteiger partial charge in [-0.25, -0.2) is 21.6 Å². The maximum absolute atomic E-state index is 12.5. The number of aromatic hydroxyl groups is 1. The first kappa shape index (κ1) is 23.6. The SMILES string of the molecule is CCC1(O)CCN(S(=O)(=O)c2ccc(C(F)F)nc2)C1.N#Cc1ccc(O)cc1F. The first-order valence-corrected chi connectivity index (χ1v) is 10.3. The van der Waals surface area contributed by atoms with Crippen LogP contribution in [0.5, 0.6) is 5.75 Å². The lowest BCUT2D eigenvalue weighted by Crippen LogP contribution is -2.35. The highest BCUT2D eigenvalue weighted by atomic mass is 32.2. The molecule has 2 N–H and O–H groups in total. The van der Waals surface area contributed by atoms with Crippen molar-refractivity contribution < 1.29 is 31.8 Å². The number of aliphatic hydroxyl groups is 1. The number of nitriles is 1. The average molecular weight is 443 g/mol. The van der Waals surface area contributed by atoms with Crippen LogP contribution in [0.3, 0.4) is 0 Å². The van der Waals surface area contributed by atoms with E-state index in [2.05, 4.69) is 4.98 Å².